The maximum atomic E-state index is 12.0. The van der Waals surface area contributed by atoms with Crippen LogP contribution in [-0.4, -0.2) is 38.7 Å². The largest absolute Gasteiger partial charge is 0.481 e. The van der Waals surface area contributed by atoms with Gasteiger partial charge in [0.1, 0.15) is 5.82 Å². The van der Waals surface area contributed by atoms with Gasteiger partial charge in [-0.2, -0.15) is 11.8 Å². The summed E-state index contributed by atoms with van der Waals surface area (Å²) < 4.78 is 0. The van der Waals surface area contributed by atoms with Crippen molar-refractivity contribution in [2.24, 2.45) is 5.92 Å². The second-order valence-electron chi connectivity index (χ2n) is 5.82. The number of aromatic amines is 1. The van der Waals surface area contributed by atoms with Gasteiger partial charge in [0, 0.05) is 18.2 Å². The highest BCUT2D eigenvalue weighted by molar-refractivity contribution is 7.98. The zero-order valence-corrected chi connectivity index (χ0v) is 14.9. The highest BCUT2D eigenvalue weighted by Crippen LogP contribution is 2.12. The van der Waals surface area contributed by atoms with Crippen LogP contribution in [0.4, 0.5) is 0 Å². The van der Waals surface area contributed by atoms with E-state index in [-0.39, 0.29) is 17.9 Å². The number of H-pyrrole nitrogens is 1. The first-order valence-corrected chi connectivity index (χ1v) is 9.12. The van der Waals surface area contributed by atoms with Gasteiger partial charge in [0.05, 0.1) is 22.6 Å². The predicted octanol–water partition coefficient (Wildman–Crippen LogP) is 1.77. The normalized spacial score (nSPS) is 13.4. The standard InChI is InChI=1S/C17H21N3O4S/c1-10(17(23)24)11(2)18-15(21)7-8-25-9-14-19-13-6-4-3-5-12(13)16(22)20-14/h3-6,10-11H,7-9H2,1-2H3,(H,18,21)(H,23,24)(H,19,20,22). The van der Waals surface area contributed by atoms with Crippen molar-refractivity contribution in [1.29, 1.82) is 0 Å². The molecule has 0 aliphatic carbocycles. The van der Waals surface area contributed by atoms with Crippen molar-refractivity contribution in [2.75, 3.05) is 5.75 Å². The monoisotopic (exact) mass is 363 g/mol. The molecule has 2 aromatic rings. The molecule has 2 unspecified atom stereocenters. The summed E-state index contributed by atoms with van der Waals surface area (Å²) in [5.74, 6) is -0.141. The first-order chi connectivity index (χ1) is 11.9. The second kappa shape index (κ2) is 8.66. The number of para-hydroxylation sites is 1. The maximum absolute atomic E-state index is 12.0. The summed E-state index contributed by atoms with van der Waals surface area (Å²) in [5, 5.41) is 12.2. The number of aromatic nitrogens is 2. The van der Waals surface area contributed by atoms with E-state index in [9.17, 15) is 14.4 Å². The number of amides is 1. The Morgan fingerprint density at radius 3 is 2.76 bits per heavy atom. The van der Waals surface area contributed by atoms with Crippen LogP contribution in [0.2, 0.25) is 0 Å². The molecule has 0 bridgehead atoms. The third-order valence-corrected chi connectivity index (χ3v) is 4.87. The molecule has 2 rings (SSSR count). The van der Waals surface area contributed by atoms with E-state index in [1.54, 1.807) is 32.0 Å². The highest BCUT2D eigenvalue weighted by atomic mass is 32.2. The number of aliphatic carboxylic acids is 1. The Morgan fingerprint density at radius 1 is 1.32 bits per heavy atom. The quantitative estimate of drug-likeness (QED) is 0.616. The Morgan fingerprint density at radius 2 is 2.04 bits per heavy atom. The lowest BCUT2D eigenvalue weighted by Gasteiger charge is -2.17. The number of hydrogen-bond donors (Lipinski definition) is 3. The maximum Gasteiger partial charge on any atom is 0.308 e. The minimum absolute atomic E-state index is 0.171. The lowest BCUT2D eigenvalue weighted by Crippen LogP contribution is -2.40. The van der Waals surface area contributed by atoms with Crippen LogP contribution in [0, 0.1) is 5.92 Å². The number of hydrogen-bond acceptors (Lipinski definition) is 5. The molecule has 3 N–H and O–H groups in total. The molecule has 0 saturated heterocycles. The van der Waals surface area contributed by atoms with E-state index in [2.05, 4.69) is 15.3 Å². The van der Waals surface area contributed by atoms with E-state index in [1.165, 1.54) is 11.8 Å². The van der Waals surface area contributed by atoms with Crippen molar-refractivity contribution in [3.63, 3.8) is 0 Å². The van der Waals surface area contributed by atoms with E-state index in [4.69, 9.17) is 5.11 Å². The minimum Gasteiger partial charge on any atom is -0.481 e. The zero-order chi connectivity index (χ0) is 18.4. The second-order valence-corrected chi connectivity index (χ2v) is 6.92. The number of carbonyl (C=O) groups is 2. The van der Waals surface area contributed by atoms with Gasteiger partial charge < -0.3 is 15.4 Å². The first-order valence-electron chi connectivity index (χ1n) is 7.96. The van der Waals surface area contributed by atoms with Crippen molar-refractivity contribution in [1.82, 2.24) is 15.3 Å². The Balaban J connectivity index is 1.80. The number of carboxylic acid groups (broad SMARTS) is 1. The van der Waals surface area contributed by atoms with Gasteiger partial charge in [0.15, 0.2) is 0 Å². The molecular weight excluding hydrogens is 342 g/mol. The summed E-state index contributed by atoms with van der Waals surface area (Å²) in [6.07, 6.45) is 0.277. The Kier molecular flexibility index (Phi) is 6.58. The van der Waals surface area contributed by atoms with E-state index in [0.717, 1.165) is 0 Å². The molecule has 1 aromatic heterocycles. The Labute approximate surface area is 149 Å². The fourth-order valence-electron chi connectivity index (χ4n) is 2.20. The molecule has 0 fully saturated rings. The minimum atomic E-state index is -0.937. The summed E-state index contributed by atoms with van der Waals surface area (Å²) in [5.41, 5.74) is 0.478. The van der Waals surface area contributed by atoms with E-state index in [0.29, 0.717) is 28.2 Å². The molecule has 134 valence electrons. The molecular formula is C17H21N3O4S. The Hall–Kier alpha value is -2.35. The molecule has 0 spiro atoms. The molecule has 0 aliphatic heterocycles. The lowest BCUT2D eigenvalue weighted by atomic mass is 10.0. The summed E-state index contributed by atoms with van der Waals surface area (Å²) in [6, 6.07) is 6.71. The van der Waals surface area contributed by atoms with Crippen LogP contribution in [-0.2, 0) is 15.3 Å². The van der Waals surface area contributed by atoms with Gasteiger partial charge in [-0.1, -0.05) is 12.1 Å². The predicted molar refractivity (Wildman–Crippen MR) is 97.5 cm³/mol. The average Bonchev–Trinajstić information content (AvgIpc) is 2.58. The molecule has 8 heteroatoms. The van der Waals surface area contributed by atoms with Crippen LogP contribution in [0.25, 0.3) is 10.9 Å². The number of nitrogens with one attached hydrogen (secondary N) is 2. The van der Waals surface area contributed by atoms with Gasteiger partial charge in [-0.3, -0.25) is 14.4 Å². The van der Waals surface area contributed by atoms with Crippen LogP contribution < -0.4 is 10.9 Å². The van der Waals surface area contributed by atoms with Crippen molar-refractivity contribution in [3.05, 3.63) is 40.4 Å². The summed E-state index contributed by atoms with van der Waals surface area (Å²) in [6.45, 7) is 3.23. The number of carbonyl (C=O) groups excluding carboxylic acids is 1. The molecule has 2 atom stereocenters. The lowest BCUT2D eigenvalue weighted by molar-refractivity contribution is -0.142. The van der Waals surface area contributed by atoms with E-state index < -0.39 is 17.9 Å². The average molecular weight is 363 g/mol. The zero-order valence-electron chi connectivity index (χ0n) is 14.1. The van der Waals surface area contributed by atoms with Gasteiger partial charge in [-0.25, -0.2) is 4.98 Å². The number of nitrogens with zero attached hydrogens (tertiary/aromatic N) is 1. The third-order valence-electron chi connectivity index (χ3n) is 3.90. The number of rotatable bonds is 8. The van der Waals surface area contributed by atoms with Crippen molar-refractivity contribution >= 4 is 34.5 Å². The number of fused-ring (bicyclic) bond motifs is 1. The SMILES string of the molecule is CC(NC(=O)CCSCc1nc2ccccc2c(=O)[nH]1)C(C)C(=O)O. The van der Waals surface area contributed by atoms with E-state index in [1.807, 2.05) is 6.07 Å². The van der Waals surface area contributed by atoms with Crippen molar-refractivity contribution in [2.45, 2.75) is 32.1 Å². The molecule has 0 saturated carbocycles. The van der Waals surface area contributed by atoms with Crippen LogP contribution in [0.1, 0.15) is 26.1 Å². The van der Waals surface area contributed by atoms with Gasteiger partial charge in [0.2, 0.25) is 5.91 Å². The van der Waals surface area contributed by atoms with Crippen LogP contribution >= 0.6 is 11.8 Å². The van der Waals surface area contributed by atoms with Gasteiger partial charge in [0.25, 0.3) is 5.56 Å². The van der Waals surface area contributed by atoms with Gasteiger partial charge in [-0.15, -0.1) is 0 Å². The fourth-order valence-corrected chi connectivity index (χ4v) is 3.01. The van der Waals surface area contributed by atoms with Crippen LogP contribution in [0.15, 0.2) is 29.1 Å². The smallest absolute Gasteiger partial charge is 0.308 e. The molecule has 1 amide bonds. The fraction of sp³-hybridized carbons (Fsp3) is 0.412. The van der Waals surface area contributed by atoms with Crippen molar-refractivity contribution < 1.29 is 14.7 Å². The topological polar surface area (TPSA) is 112 Å². The highest BCUT2D eigenvalue weighted by Gasteiger charge is 2.20. The van der Waals surface area contributed by atoms with Crippen LogP contribution in [0.3, 0.4) is 0 Å². The number of thioether (sulfide) groups is 1. The molecule has 1 heterocycles. The first kappa shape index (κ1) is 19.0. The molecule has 7 nitrogen and oxygen atoms in total. The summed E-state index contributed by atoms with van der Waals surface area (Å²) >= 11 is 1.48. The summed E-state index contributed by atoms with van der Waals surface area (Å²) in [4.78, 5) is 41.8. The van der Waals surface area contributed by atoms with Gasteiger partial charge in [-0.05, 0) is 26.0 Å². The Bertz CT molecular complexity index is 821. The molecule has 0 aliphatic rings. The molecule has 0 radical (unpaired) electrons. The number of benzene rings is 1. The molecule has 1 aromatic carbocycles. The molecule has 25 heavy (non-hydrogen) atoms. The van der Waals surface area contributed by atoms with Crippen molar-refractivity contribution in [3.8, 4) is 0 Å². The van der Waals surface area contributed by atoms with Gasteiger partial charge >= 0.3 is 5.97 Å². The third kappa shape index (κ3) is 5.32. The number of carboxylic acids is 1. The summed E-state index contributed by atoms with van der Waals surface area (Å²) in [7, 11) is 0. The van der Waals surface area contributed by atoms with Crippen LogP contribution in [0.5, 0.6) is 0 Å². The van der Waals surface area contributed by atoms with E-state index >= 15 is 0 Å².